The molecule has 1 atom stereocenters. The average Bonchev–Trinajstić information content (AvgIpc) is 2.70. The highest BCUT2D eigenvalue weighted by molar-refractivity contribution is 6.33. The molecule has 2 aromatic rings. The molecule has 0 bridgehead atoms. The Morgan fingerprint density at radius 3 is 2.32 bits per heavy atom. The molecule has 1 N–H and O–H groups in total. The molecule has 0 saturated carbocycles. The van der Waals surface area contributed by atoms with Crippen LogP contribution in [0.15, 0.2) is 42.5 Å². The first-order valence-corrected chi connectivity index (χ1v) is 10.1. The molecule has 8 heteroatoms. The number of hydrogen-bond donors (Lipinski definition) is 1. The third-order valence-corrected chi connectivity index (χ3v) is 4.85. The molecule has 7 nitrogen and oxygen atoms in total. The van der Waals surface area contributed by atoms with Crippen LogP contribution in [0.4, 0.5) is 4.79 Å². The van der Waals surface area contributed by atoms with Gasteiger partial charge in [-0.3, -0.25) is 4.90 Å². The van der Waals surface area contributed by atoms with Gasteiger partial charge in [0.15, 0.2) is 11.5 Å². The molecule has 0 radical (unpaired) electrons. The molecule has 0 aliphatic carbocycles. The van der Waals surface area contributed by atoms with Gasteiger partial charge in [-0.1, -0.05) is 48.0 Å². The number of nitrogens with zero attached hydrogens (tertiary/aromatic N) is 1. The summed E-state index contributed by atoms with van der Waals surface area (Å²) in [5.41, 5.74) is 0.706. The van der Waals surface area contributed by atoms with Crippen LogP contribution in [0.5, 0.6) is 11.5 Å². The molecule has 168 valence electrons. The first-order chi connectivity index (χ1) is 14.5. The number of halogens is 1. The molecule has 0 aliphatic heterocycles. The van der Waals surface area contributed by atoms with Crippen molar-refractivity contribution in [2.45, 2.75) is 45.4 Å². The molecule has 0 fully saturated rings. The summed E-state index contributed by atoms with van der Waals surface area (Å²) in [6.45, 7) is 5.40. The van der Waals surface area contributed by atoms with E-state index in [1.54, 1.807) is 32.9 Å². The zero-order valence-electron chi connectivity index (χ0n) is 18.3. The molecule has 1 amide bonds. The predicted octanol–water partition coefficient (Wildman–Crippen LogP) is 4.79. The van der Waals surface area contributed by atoms with Crippen molar-refractivity contribution in [3.8, 4) is 11.5 Å². The van der Waals surface area contributed by atoms with Crippen LogP contribution in [0.3, 0.4) is 0 Å². The van der Waals surface area contributed by atoms with E-state index in [9.17, 15) is 14.7 Å². The van der Waals surface area contributed by atoms with Gasteiger partial charge in [-0.05, 0) is 38.0 Å². The van der Waals surface area contributed by atoms with Crippen molar-refractivity contribution in [3.63, 3.8) is 0 Å². The second-order valence-electron chi connectivity index (χ2n) is 7.99. The fraction of sp³-hybridized carbons (Fsp3) is 0.391. The largest absolute Gasteiger partial charge is 0.493 e. The minimum atomic E-state index is -1.18. The zero-order chi connectivity index (χ0) is 23.2. The Balaban J connectivity index is 2.27. The van der Waals surface area contributed by atoms with Gasteiger partial charge in [-0.2, -0.15) is 0 Å². The van der Waals surface area contributed by atoms with Crippen LogP contribution in [0.1, 0.15) is 31.9 Å². The summed E-state index contributed by atoms with van der Waals surface area (Å²) in [6.07, 6.45) is -0.764. The number of carbonyl (C=O) groups is 2. The van der Waals surface area contributed by atoms with Gasteiger partial charge < -0.3 is 19.3 Å². The number of amides is 1. The standard InChI is InChI=1S/C23H28ClNO6/c1-23(2,3)31-22(28)25(4)17(21(26)27)13-16-11-12-18(29-5)20(19(16)24)30-14-15-9-7-6-8-10-15/h6-12,17H,13-14H2,1-5H3,(H,26,27)/t17-/m0/s1. The number of carbonyl (C=O) groups excluding carboxylic acids is 1. The maximum Gasteiger partial charge on any atom is 0.410 e. The lowest BCUT2D eigenvalue weighted by Crippen LogP contribution is -2.46. The number of carboxylic acids is 1. The minimum Gasteiger partial charge on any atom is -0.493 e. The van der Waals surface area contributed by atoms with Crippen molar-refractivity contribution >= 4 is 23.7 Å². The first-order valence-electron chi connectivity index (χ1n) is 9.74. The lowest BCUT2D eigenvalue weighted by atomic mass is 10.0. The van der Waals surface area contributed by atoms with Crippen molar-refractivity contribution in [1.82, 2.24) is 4.90 Å². The number of methoxy groups -OCH3 is 1. The number of benzene rings is 2. The highest BCUT2D eigenvalue weighted by atomic mass is 35.5. The van der Waals surface area contributed by atoms with Crippen LogP contribution in [0.25, 0.3) is 0 Å². The lowest BCUT2D eigenvalue weighted by molar-refractivity contribution is -0.142. The Kier molecular flexibility index (Phi) is 8.16. The van der Waals surface area contributed by atoms with Gasteiger partial charge in [0.05, 0.1) is 12.1 Å². The molecule has 0 aromatic heterocycles. The topological polar surface area (TPSA) is 85.3 Å². The van der Waals surface area contributed by atoms with Crippen LogP contribution in [-0.4, -0.2) is 47.9 Å². The van der Waals surface area contributed by atoms with E-state index in [0.29, 0.717) is 17.1 Å². The Bertz CT molecular complexity index is 910. The Morgan fingerprint density at radius 2 is 1.77 bits per heavy atom. The molecule has 0 aliphatic rings. The number of rotatable bonds is 8. The Labute approximate surface area is 187 Å². The normalized spacial score (nSPS) is 12.1. The molecule has 0 unspecified atom stereocenters. The lowest BCUT2D eigenvalue weighted by Gasteiger charge is -2.29. The quantitative estimate of drug-likeness (QED) is 0.623. The van der Waals surface area contributed by atoms with E-state index in [-0.39, 0.29) is 18.1 Å². The van der Waals surface area contributed by atoms with Gasteiger partial charge in [0.2, 0.25) is 0 Å². The molecular formula is C23H28ClNO6. The third-order valence-electron chi connectivity index (χ3n) is 4.43. The number of hydrogen-bond acceptors (Lipinski definition) is 5. The van der Waals surface area contributed by atoms with Crippen LogP contribution in [0.2, 0.25) is 5.02 Å². The summed E-state index contributed by atoms with van der Waals surface area (Å²) in [5, 5.41) is 9.95. The van der Waals surface area contributed by atoms with E-state index in [2.05, 4.69) is 0 Å². The van der Waals surface area contributed by atoms with Gasteiger partial charge in [-0.25, -0.2) is 9.59 Å². The van der Waals surface area contributed by atoms with Crippen LogP contribution < -0.4 is 9.47 Å². The summed E-state index contributed by atoms with van der Waals surface area (Å²) in [6, 6.07) is 11.7. The SMILES string of the molecule is COc1ccc(C[C@@H](C(=O)O)N(C)C(=O)OC(C)(C)C)c(Cl)c1OCc1ccccc1. The van der Waals surface area contributed by atoms with Gasteiger partial charge in [0, 0.05) is 13.5 Å². The van der Waals surface area contributed by atoms with E-state index in [0.717, 1.165) is 10.5 Å². The van der Waals surface area contributed by atoms with E-state index < -0.39 is 23.7 Å². The summed E-state index contributed by atoms with van der Waals surface area (Å²) >= 11 is 6.57. The van der Waals surface area contributed by atoms with Gasteiger partial charge in [0.1, 0.15) is 18.2 Å². The van der Waals surface area contributed by atoms with Crippen molar-refractivity contribution in [1.29, 1.82) is 0 Å². The van der Waals surface area contributed by atoms with E-state index in [4.69, 9.17) is 25.8 Å². The summed E-state index contributed by atoms with van der Waals surface area (Å²) in [4.78, 5) is 25.3. The second-order valence-corrected chi connectivity index (χ2v) is 8.37. The van der Waals surface area contributed by atoms with E-state index >= 15 is 0 Å². The van der Waals surface area contributed by atoms with Gasteiger partial charge in [-0.15, -0.1) is 0 Å². The molecular weight excluding hydrogens is 422 g/mol. The summed E-state index contributed by atoms with van der Waals surface area (Å²) in [5.74, 6) is -0.432. The van der Waals surface area contributed by atoms with Crippen molar-refractivity contribution in [3.05, 3.63) is 58.6 Å². The van der Waals surface area contributed by atoms with Crippen molar-refractivity contribution < 1.29 is 28.9 Å². The van der Waals surface area contributed by atoms with Crippen LogP contribution >= 0.6 is 11.6 Å². The molecule has 2 rings (SSSR count). The fourth-order valence-electron chi connectivity index (χ4n) is 2.82. The van der Waals surface area contributed by atoms with E-state index in [1.807, 2.05) is 30.3 Å². The highest BCUT2D eigenvalue weighted by Crippen LogP contribution is 2.39. The number of carboxylic acid groups (broad SMARTS) is 1. The number of likely N-dealkylation sites (N-methyl/N-ethyl adjacent to an activating group) is 1. The fourth-order valence-corrected chi connectivity index (χ4v) is 3.11. The average molecular weight is 450 g/mol. The van der Waals surface area contributed by atoms with Gasteiger partial charge >= 0.3 is 12.1 Å². The van der Waals surface area contributed by atoms with Gasteiger partial charge in [0.25, 0.3) is 0 Å². The van der Waals surface area contributed by atoms with Crippen LogP contribution in [-0.2, 0) is 22.6 Å². The third kappa shape index (κ3) is 6.79. The smallest absolute Gasteiger partial charge is 0.410 e. The monoisotopic (exact) mass is 449 g/mol. The Hall–Kier alpha value is -2.93. The summed E-state index contributed by atoms with van der Waals surface area (Å²) < 4.78 is 16.5. The van der Waals surface area contributed by atoms with Crippen molar-refractivity contribution in [2.24, 2.45) is 0 Å². The maximum absolute atomic E-state index is 12.4. The molecule has 0 spiro atoms. The number of ether oxygens (including phenoxy) is 3. The molecule has 0 saturated heterocycles. The van der Waals surface area contributed by atoms with Crippen molar-refractivity contribution in [2.75, 3.05) is 14.2 Å². The maximum atomic E-state index is 12.4. The summed E-state index contributed by atoms with van der Waals surface area (Å²) in [7, 11) is 2.88. The molecule has 31 heavy (non-hydrogen) atoms. The molecule has 0 heterocycles. The number of aliphatic carboxylic acids is 1. The molecule has 2 aromatic carbocycles. The first kappa shape index (κ1) is 24.3. The second kappa shape index (κ2) is 10.4. The van der Waals surface area contributed by atoms with E-state index in [1.165, 1.54) is 14.2 Å². The predicted molar refractivity (Wildman–Crippen MR) is 118 cm³/mol. The zero-order valence-corrected chi connectivity index (χ0v) is 19.1. The minimum absolute atomic E-state index is 0.0321. The Morgan fingerprint density at radius 1 is 1.13 bits per heavy atom. The highest BCUT2D eigenvalue weighted by Gasteiger charge is 2.31. The van der Waals surface area contributed by atoms with Crippen LogP contribution in [0, 0.1) is 0 Å².